The number of hydrogen-bond acceptors (Lipinski definition) is 4. The van der Waals surface area contributed by atoms with Crippen LogP contribution in [0.4, 0.5) is 4.39 Å². The maximum atomic E-state index is 12.8. The SMILES string of the molecule is CC(C)(C)c1nc(CCNC(=O)c2ccc(F)cc2)no1. The number of nitrogens with zero attached hydrogens (tertiary/aromatic N) is 2. The average molecular weight is 291 g/mol. The minimum atomic E-state index is -0.368. The Morgan fingerprint density at radius 2 is 1.95 bits per heavy atom. The molecule has 5 nitrogen and oxygen atoms in total. The third-order valence-electron chi connectivity index (χ3n) is 2.85. The molecular weight excluding hydrogens is 273 g/mol. The topological polar surface area (TPSA) is 68.0 Å². The van der Waals surface area contributed by atoms with Crippen molar-refractivity contribution in [2.45, 2.75) is 32.6 Å². The van der Waals surface area contributed by atoms with Gasteiger partial charge in [-0.25, -0.2) is 4.39 Å². The van der Waals surface area contributed by atoms with Crippen LogP contribution in [0.15, 0.2) is 28.8 Å². The van der Waals surface area contributed by atoms with Crippen LogP contribution in [0.1, 0.15) is 42.8 Å². The molecule has 0 fully saturated rings. The maximum absolute atomic E-state index is 12.8. The van der Waals surface area contributed by atoms with Crippen LogP contribution in [0.5, 0.6) is 0 Å². The lowest BCUT2D eigenvalue weighted by Gasteiger charge is -2.10. The monoisotopic (exact) mass is 291 g/mol. The van der Waals surface area contributed by atoms with Gasteiger partial charge in [-0.15, -0.1) is 0 Å². The van der Waals surface area contributed by atoms with Gasteiger partial charge < -0.3 is 9.84 Å². The predicted octanol–water partition coefficient (Wildman–Crippen LogP) is 2.48. The van der Waals surface area contributed by atoms with Gasteiger partial charge in [-0.05, 0) is 24.3 Å². The number of benzene rings is 1. The standard InChI is InChI=1S/C15H18FN3O2/c1-15(2,3)14-18-12(19-21-14)8-9-17-13(20)10-4-6-11(16)7-5-10/h4-7H,8-9H2,1-3H3,(H,17,20). The Kier molecular flexibility index (Phi) is 4.35. The van der Waals surface area contributed by atoms with Crippen LogP contribution in [-0.2, 0) is 11.8 Å². The molecule has 0 spiro atoms. The molecular formula is C15H18FN3O2. The summed E-state index contributed by atoms with van der Waals surface area (Å²) in [7, 11) is 0. The average Bonchev–Trinajstić information content (AvgIpc) is 2.88. The molecule has 0 aliphatic carbocycles. The highest BCUT2D eigenvalue weighted by atomic mass is 19.1. The van der Waals surface area contributed by atoms with Crippen molar-refractivity contribution in [3.8, 4) is 0 Å². The lowest BCUT2D eigenvalue weighted by atomic mass is 9.97. The number of rotatable bonds is 4. The van der Waals surface area contributed by atoms with Gasteiger partial charge in [0.1, 0.15) is 5.82 Å². The third kappa shape index (κ3) is 4.11. The molecule has 0 unspecified atom stereocenters. The third-order valence-corrected chi connectivity index (χ3v) is 2.85. The maximum Gasteiger partial charge on any atom is 0.251 e. The zero-order chi connectivity index (χ0) is 15.5. The van der Waals surface area contributed by atoms with E-state index in [1.165, 1.54) is 24.3 Å². The minimum Gasteiger partial charge on any atom is -0.352 e. The normalized spacial score (nSPS) is 11.4. The Morgan fingerprint density at radius 3 is 2.52 bits per heavy atom. The van der Waals surface area contributed by atoms with Gasteiger partial charge in [0.15, 0.2) is 5.82 Å². The first-order valence-electron chi connectivity index (χ1n) is 6.73. The molecule has 112 valence electrons. The van der Waals surface area contributed by atoms with Crippen LogP contribution in [-0.4, -0.2) is 22.6 Å². The van der Waals surface area contributed by atoms with Crippen LogP contribution in [0.2, 0.25) is 0 Å². The summed E-state index contributed by atoms with van der Waals surface area (Å²) in [6, 6.07) is 5.39. The van der Waals surface area contributed by atoms with E-state index in [0.717, 1.165) is 0 Å². The lowest BCUT2D eigenvalue weighted by molar-refractivity contribution is 0.0954. The number of halogens is 1. The number of nitrogens with one attached hydrogen (secondary N) is 1. The molecule has 0 aliphatic heterocycles. The fourth-order valence-corrected chi connectivity index (χ4v) is 1.65. The Hall–Kier alpha value is -2.24. The number of carbonyl (C=O) groups excluding carboxylic acids is 1. The molecule has 1 amide bonds. The second-order valence-electron chi connectivity index (χ2n) is 5.78. The van der Waals surface area contributed by atoms with E-state index in [9.17, 15) is 9.18 Å². The van der Waals surface area contributed by atoms with Crippen molar-refractivity contribution in [3.63, 3.8) is 0 Å². The van der Waals surface area contributed by atoms with Gasteiger partial charge in [-0.3, -0.25) is 4.79 Å². The number of amides is 1. The molecule has 6 heteroatoms. The van der Waals surface area contributed by atoms with Crippen LogP contribution >= 0.6 is 0 Å². The molecule has 1 aromatic heterocycles. The molecule has 0 aliphatic rings. The molecule has 0 atom stereocenters. The smallest absolute Gasteiger partial charge is 0.251 e. The highest BCUT2D eigenvalue weighted by molar-refractivity contribution is 5.94. The highest BCUT2D eigenvalue weighted by Gasteiger charge is 2.21. The van der Waals surface area contributed by atoms with Gasteiger partial charge in [0, 0.05) is 23.9 Å². The van der Waals surface area contributed by atoms with Crippen LogP contribution in [0, 0.1) is 5.82 Å². The summed E-state index contributed by atoms with van der Waals surface area (Å²) in [4.78, 5) is 16.1. The molecule has 0 saturated heterocycles. The second kappa shape index (κ2) is 6.03. The summed E-state index contributed by atoms with van der Waals surface area (Å²) in [5.41, 5.74) is 0.225. The van der Waals surface area contributed by atoms with Gasteiger partial charge >= 0.3 is 0 Å². The summed E-state index contributed by atoms with van der Waals surface area (Å²) >= 11 is 0. The van der Waals surface area contributed by atoms with E-state index in [1.807, 2.05) is 20.8 Å². The molecule has 1 aromatic carbocycles. The molecule has 0 saturated carbocycles. The molecule has 0 bridgehead atoms. The first kappa shape index (κ1) is 15.2. The van der Waals surface area contributed by atoms with Crippen LogP contribution in [0.3, 0.4) is 0 Å². The molecule has 0 radical (unpaired) electrons. The zero-order valence-electron chi connectivity index (χ0n) is 12.3. The second-order valence-corrected chi connectivity index (χ2v) is 5.78. The summed E-state index contributed by atoms with van der Waals surface area (Å²) in [6.07, 6.45) is 0.479. The number of aromatic nitrogens is 2. The van der Waals surface area contributed by atoms with Crippen molar-refractivity contribution in [1.82, 2.24) is 15.5 Å². The molecule has 2 rings (SSSR count). The van der Waals surface area contributed by atoms with Gasteiger partial charge in [-0.1, -0.05) is 25.9 Å². The summed E-state index contributed by atoms with van der Waals surface area (Å²) in [5.74, 6) is 0.504. The van der Waals surface area contributed by atoms with Crippen molar-refractivity contribution >= 4 is 5.91 Å². The number of carbonyl (C=O) groups is 1. The van der Waals surface area contributed by atoms with Crippen molar-refractivity contribution < 1.29 is 13.7 Å². The van der Waals surface area contributed by atoms with Crippen LogP contribution < -0.4 is 5.32 Å². The van der Waals surface area contributed by atoms with Crippen LogP contribution in [0.25, 0.3) is 0 Å². The Morgan fingerprint density at radius 1 is 1.29 bits per heavy atom. The van der Waals surface area contributed by atoms with Gasteiger partial charge in [0.05, 0.1) is 0 Å². The first-order chi connectivity index (χ1) is 9.86. The van der Waals surface area contributed by atoms with E-state index >= 15 is 0 Å². The molecule has 2 aromatic rings. The van der Waals surface area contributed by atoms with E-state index in [4.69, 9.17) is 4.52 Å². The fourth-order valence-electron chi connectivity index (χ4n) is 1.65. The summed E-state index contributed by atoms with van der Waals surface area (Å²) in [5, 5.41) is 6.61. The van der Waals surface area contributed by atoms with E-state index in [2.05, 4.69) is 15.5 Å². The molecule has 1 heterocycles. The highest BCUT2D eigenvalue weighted by Crippen LogP contribution is 2.19. The fraction of sp³-hybridized carbons (Fsp3) is 0.400. The van der Waals surface area contributed by atoms with Crippen molar-refractivity contribution in [1.29, 1.82) is 0 Å². The Labute approximate surface area is 122 Å². The zero-order valence-corrected chi connectivity index (χ0v) is 12.3. The van der Waals surface area contributed by atoms with E-state index < -0.39 is 0 Å². The lowest BCUT2D eigenvalue weighted by Crippen LogP contribution is -2.26. The summed E-state index contributed by atoms with van der Waals surface area (Å²) in [6.45, 7) is 6.35. The van der Waals surface area contributed by atoms with Crippen molar-refractivity contribution in [2.24, 2.45) is 0 Å². The van der Waals surface area contributed by atoms with E-state index in [-0.39, 0.29) is 17.1 Å². The largest absolute Gasteiger partial charge is 0.352 e. The molecule has 21 heavy (non-hydrogen) atoms. The number of hydrogen-bond donors (Lipinski definition) is 1. The quantitative estimate of drug-likeness (QED) is 0.939. The van der Waals surface area contributed by atoms with Crippen molar-refractivity contribution in [3.05, 3.63) is 47.4 Å². The molecule has 1 N–H and O–H groups in total. The van der Waals surface area contributed by atoms with Crippen molar-refractivity contribution in [2.75, 3.05) is 6.54 Å². The van der Waals surface area contributed by atoms with E-state index in [0.29, 0.717) is 30.2 Å². The summed E-state index contributed by atoms with van der Waals surface area (Å²) < 4.78 is 17.9. The van der Waals surface area contributed by atoms with Gasteiger partial charge in [0.25, 0.3) is 5.91 Å². The minimum absolute atomic E-state index is 0.192. The first-order valence-corrected chi connectivity index (χ1v) is 6.73. The van der Waals surface area contributed by atoms with Gasteiger partial charge in [-0.2, -0.15) is 4.98 Å². The van der Waals surface area contributed by atoms with Gasteiger partial charge in [0.2, 0.25) is 5.89 Å². The van der Waals surface area contributed by atoms with E-state index in [1.54, 1.807) is 0 Å². The predicted molar refractivity (Wildman–Crippen MR) is 75.4 cm³/mol. The Bertz CT molecular complexity index is 615. The Balaban J connectivity index is 1.85.